The first kappa shape index (κ1) is 10.8. The van der Waals surface area contributed by atoms with Crippen LogP contribution in [0.4, 0.5) is 10.5 Å². The predicted octanol–water partition coefficient (Wildman–Crippen LogP) is 0.979. The van der Waals surface area contributed by atoms with Crippen molar-refractivity contribution in [1.82, 2.24) is 0 Å². The van der Waals surface area contributed by atoms with Crippen molar-refractivity contribution in [3.05, 3.63) is 24.3 Å². The fraction of sp³-hybridized carbons (Fsp3) is 0.364. The largest absolute Gasteiger partial charge is 0.495 e. The molecule has 1 fully saturated rings. The van der Waals surface area contributed by atoms with Crippen molar-refractivity contribution in [3.8, 4) is 5.75 Å². The highest BCUT2D eigenvalue weighted by Crippen LogP contribution is 2.31. The van der Waals surface area contributed by atoms with Crippen LogP contribution in [-0.4, -0.2) is 32.4 Å². The lowest BCUT2D eigenvalue weighted by atomic mass is 10.2. The topological polar surface area (TPSA) is 64.8 Å². The van der Waals surface area contributed by atoms with Gasteiger partial charge in [0.1, 0.15) is 12.4 Å². The van der Waals surface area contributed by atoms with Gasteiger partial charge in [-0.05, 0) is 12.1 Å². The summed E-state index contributed by atoms with van der Waals surface area (Å²) in [7, 11) is 1.57. The number of para-hydroxylation sites is 2. The number of cyclic esters (lactones) is 1. The van der Waals surface area contributed by atoms with Gasteiger partial charge in [-0.3, -0.25) is 4.90 Å². The molecule has 1 aliphatic rings. The molecule has 5 heteroatoms. The predicted molar refractivity (Wildman–Crippen MR) is 59.7 cm³/mol. The van der Waals surface area contributed by atoms with Crippen molar-refractivity contribution >= 4 is 11.8 Å². The van der Waals surface area contributed by atoms with Crippen LogP contribution in [0.3, 0.4) is 0 Å². The van der Waals surface area contributed by atoms with E-state index >= 15 is 0 Å². The monoisotopic (exact) mass is 222 g/mol. The van der Waals surface area contributed by atoms with Crippen LogP contribution in [0.2, 0.25) is 0 Å². The summed E-state index contributed by atoms with van der Waals surface area (Å²) in [5, 5.41) is 0. The number of benzene rings is 1. The van der Waals surface area contributed by atoms with Crippen molar-refractivity contribution in [2.75, 3.05) is 25.2 Å². The molecule has 1 aromatic rings. The number of methoxy groups -OCH3 is 1. The minimum atomic E-state index is -0.375. The summed E-state index contributed by atoms with van der Waals surface area (Å²) in [5.74, 6) is 0.639. The van der Waals surface area contributed by atoms with Gasteiger partial charge in [-0.1, -0.05) is 12.1 Å². The third-order valence-corrected chi connectivity index (χ3v) is 2.58. The highest BCUT2D eigenvalue weighted by Gasteiger charge is 2.34. The van der Waals surface area contributed by atoms with Crippen molar-refractivity contribution in [1.29, 1.82) is 0 Å². The van der Waals surface area contributed by atoms with Crippen LogP contribution in [0.25, 0.3) is 0 Å². The maximum absolute atomic E-state index is 11.6. The van der Waals surface area contributed by atoms with E-state index in [9.17, 15) is 4.79 Å². The number of hydrogen-bond donors (Lipinski definition) is 1. The van der Waals surface area contributed by atoms with Gasteiger partial charge in [-0.15, -0.1) is 0 Å². The van der Waals surface area contributed by atoms with Crippen LogP contribution in [0.1, 0.15) is 0 Å². The summed E-state index contributed by atoms with van der Waals surface area (Å²) in [6, 6.07) is 7.18. The molecule has 16 heavy (non-hydrogen) atoms. The highest BCUT2D eigenvalue weighted by atomic mass is 16.6. The van der Waals surface area contributed by atoms with Gasteiger partial charge in [-0.2, -0.15) is 0 Å². The zero-order valence-corrected chi connectivity index (χ0v) is 9.05. The number of ether oxygens (including phenoxy) is 2. The molecule has 1 atom stereocenters. The molecule has 1 saturated heterocycles. The Morgan fingerprint density at radius 1 is 1.56 bits per heavy atom. The van der Waals surface area contributed by atoms with E-state index in [0.29, 0.717) is 24.6 Å². The Balaban J connectivity index is 2.38. The Morgan fingerprint density at radius 2 is 2.31 bits per heavy atom. The molecule has 1 unspecified atom stereocenters. The minimum absolute atomic E-state index is 0.121. The number of rotatable bonds is 3. The molecule has 0 aliphatic carbocycles. The van der Waals surface area contributed by atoms with Gasteiger partial charge < -0.3 is 15.2 Å². The first-order chi connectivity index (χ1) is 7.77. The van der Waals surface area contributed by atoms with E-state index < -0.39 is 0 Å². The second-order valence-electron chi connectivity index (χ2n) is 3.51. The number of carbonyl (C=O) groups is 1. The summed E-state index contributed by atoms with van der Waals surface area (Å²) < 4.78 is 10.2. The maximum atomic E-state index is 11.6. The summed E-state index contributed by atoms with van der Waals surface area (Å²) >= 11 is 0. The number of carbonyl (C=O) groups excluding carboxylic acids is 1. The van der Waals surface area contributed by atoms with Gasteiger partial charge in [0.05, 0.1) is 18.8 Å². The molecule has 1 aliphatic heterocycles. The Morgan fingerprint density at radius 3 is 3.00 bits per heavy atom. The molecule has 2 N–H and O–H groups in total. The Labute approximate surface area is 93.7 Å². The van der Waals surface area contributed by atoms with Crippen LogP contribution in [0.5, 0.6) is 5.75 Å². The van der Waals surface area contributed by atoms with Crippen LogP contribution in [0, 0.1) is 0 Å². The molecule has 1 heterocycles. The number of amides is 1. The van der Waals surface area contributed by atoms with E-state index in [1.807, 2.05) is 18.2 Å². The molecule has 0 spiro atoms. The summed E-state index contributed by atoms with van der Waals surface area (Å²) in [5.41, 5.74) is 6.30. The average molecular weight is 222 g/mol. The molecular formula is C11H14N2O3. The van der Waals surface area contributed by atoms with Crippen LogP contribution >= 0.6 is 0 Å². The Bertz CT molecular complexity index is 395. The van der Waals surface area contributed by atoms with Crippen molar-refractivity contribution in [2.24, 2.45) is 5.73 Å². The van der Waals surface area contributed by atoms with E-state index in [1.54, 1.807) is 18.1 Å². The first-order valence-electron chi connectivity index (χ1n) is 5.07. The zero-order valence-electron chi connectivity index (χ0n) is 9.05. The van der Waals surface area contributed by atoms with Crippen LogP contribution in [-0.2, 0) is 4.74 Å². The molecule has 0 aromatic heterocycles. The Hall–Kier alpha value is -1.75. The third-order valence-electron chi connectivity index (χ3n) is 2.58. The smallest absolute Gasteiger partial charge is 0.414 e. The fourth-order valence-corrected chi connectivity index (χ4v) is 1.76. The van der Waals surface area contributed by atoms with E-state index in [0.717, 1.165) is 0 Å². The van der Waals surface area contributed by atoms with E-state index in [2.05, 4.69) is 0 Å². The van der Waals surface area contributed by atoms with Gasteiger partial charge in [-0.25, -0.2) is 4.79 Å². The molecule has 86 valence electrons. The maximum Gasteiger partial charge on any atom is 0.414 e. The molecule has 1 aromatic carbocycles. The van der Waals surface area contributed by atoms with Gasteiger partial charge >= 0.3 is 6.09 Å². The Kier molecular flexibility index (Phi) is 2.96. The van der Waals surface area contributed by atoms with Gasteiger partial charge in [0.15, 0.2) is 0 Å². The SMILES string of the molecule is COc1ccccc1N1C(=O)OCC1CN. The summed E-state index contributed by atoms with van der Waals surface area (Å²) in [4.78, 5) is 13.1. The molecule has 0 bridgehead atoms. The second kappa shape index (κ2) is 4.40. The third kappa shape index (κ3) is 1.69. The van der Waals surface area contributed by atoms with Crippen molar-refractivity contribution < 1.29 is 14.3 Å². The van der Waals surface area contributed by atoms with Gasteiger partial charge in [0.2, 0.25) is 0 Å². The van der Waals surface area contributed by atoms with Crippen molar-refractivity contribution in [2.45, 2.75) is 6.04 Å². The van der Waals surface area contributed by atoms with E-state index in [-0.39, 0.29) is 12.1 Å². The van der Waals surface area contributed by atoms with Crippen LogP contribution in [0.15, 0.2) is 24.3 Å². The lowest BCUT2D eigenvalue weighted by molar-refractivity contribution is 0.179. The molecule has 1 amide bonds. The summed E-state index contributed by atoms with van der Waals surface area (Å²) in [6.45, 7) is 0.692. The van der Waals surface area contributed by atoms with E-state index in [4.69, 9.17) is 15.2 Å². The minimum Gasteiger partial charge on any atom is -0.495 e. The molecule has 2 rings (SSSR count). The second-order valence-corrected chi connectivity index (χ2v) is 3.51. The van der Waals surface area contributed by atoms with Crippen LogP contribution < -0.4 is 15.4 Å². The van der Waals surface area contributed by atoms with Gasteiger partial charge in [0.25, 0.3) is 0 Å². The molecule has 0 saturated carbocycles. The average Bonchev–Trinajstić information content (AvgIpc) is 2.70. The number of anilines is 1. The summed E-state index contributed by atoms with van der Waals surface area (Å²) in [6.07, 6.45) is -0.375. The van der Waals surface area contributed by atoms with E-state index in [1.165, 1.54) is 0 Å². The van der Waals surface area contributed by atoms with Gasteiger partial charge in [0, 0.05) is 6.54 Å². The molecular weight excluding hydrogens is 208 g/mol. The normalized spacial score (nSPS) is 19.8. The standard InChI is InChI=1S/C11H14N2O3/c1-15-10-5-3-2-4-9(10)13-8(6-12)7-16-11(13)14/h2-5,8H,6-7,12H2,1H3. The first-order valence-corrected chi connectivity index (χ1v) is 5.07. The highest BCUT2D eigenvalue weighted by molar-refractivity contribution is 5.92. The number of nitrogens with zero attached hydrogens (tertiary/aromatic N) is 1. The quantitative estimate of drug-likeness (QED) is 0.828. The molecule has 5 nitrogen and oxygen atoms in total. The molecule has 0 radical (unpaired) electrons. The lowest BCUT2D eigenvalue weighted by Crippen LogP contribution is -2.39. The number of hydrogen-bond acceptors (Lipinski definition) is 4. The zero-order chi connectivity index (χ0) is 11.5. The number of nitrogens with two attached hydrogens (primary N) is 1. The lowest BCUT2D eigenvalue weighted by Gasteiger charge is -2.21. The van der Waals surface area contributed by atoms with Crippen molar-refractivity contribution in [3.63, 3.8) is 0 Å². The fourth-order valence-electron chi connectivity index (χ4n) is 1.76.